The van der Waals surface area contributed by atoms with Crippen molar-refractivity contribution >= 4 is 0 Å². The predicted octanol–water partition coefficient (Wildman–Crippen LogP) is 4.90. The highest BCUT2D eigenvalue weighted by atomic mass is 16.5. The largest absolute Gasteiger partial charge is 0.496 e. The van der Waals surface area contributed by atoms with Crippen molar-refractivity contribution in [3.8, 4) is 23.0 Å². The molecule has 0 fully saturated rings. The molecule has 0 bridgehead atoms. The van der Waals surface area contributed by atoms with Crippen LogP contribution in [0.3, 0.4) is 0 Å². The van der Waals surface area contributed by atoms with Gasteiger partial charge in [-0.3, -0.25) is 0 Å². The maximum atomic E-state index is 5.70. The van der Waals surface area contributed by atoms with E-state index < -0.39 is 0 Å². The molecule has 0 N–H and O–H groups in total. The maximum Gasteiger partial charge on any atom is 0.126 e. The van der Waals surface area contributed by atoms with Crippen molar-refractivity contribution in [3.05, 3.63) is 83.4 Å². The summed E-state index contributed by atoms with van der Waals surface area (Å²) in [5, 5.41) is 0. The third kappa shape index (κ3) is 3.56. The molecule has 4 heteroatoms. The zero-order chi connectivity index (χ0) is 19.2. The van der Waals surface area contributed by atoms with E-state index in [4.69, 9.17) is 18.9 Å². The summed E-state index contributed by atoms with van der Waals surface area (Å²) in [5.74, 6) is 2.79. The van der Waals surface area contributed by atoms with Crippen LogP contribution >= 0.6 is 0 Å². The van der Waals surface area contributed by atoms with Crippen LogP contribution in [0.25, 0.3) is 0 Å². The number of methoxy groups -OCH3 is 4. The van der Waals surface area contributed by atoms with Crippen molar-refractivity contribution in [3.63, 3.8) is 0 Å². The van der Waals surface area contributed by atoms with Crippen LogP contribution in [0, 0.1) is 0 Å². The first-order chi connectivity index (χ1) is 13.2. The Labute approximate surface area is 160 Å². The molecule has 0 amide bonds. The minimum atomic E-state index is -0.191. The summed E-state index contributed by atoms with van der Waals surface area (Å²) in [6.45, 7) is 0. The van der Waals surface area contributed by atoms with E-state index in [1.165, 1.54) is 0 Å². The zero-order valence-electron chi connectivity index (χ0n) is 16.1. The van der Waals surface area contributed by atoms with Crippen LogP contribution in [0.5, 0.6) is 23.0 Å². The van der Waals surface area contributed by atoms with Gasteiger partial charge in [0.15, 0.2) is 0 Å². The van der Waals surface area contributed by atoms with Crippen LogP contribution in [-0.2, 0) is 0 Å². The minimum absolute atomic E-state index is 0.191. The van der Waals surface area contributed by atoms with Gasteiger partial charge in [-0.1, -0.05) is 42.5 Å². The highest BCUT2D eigenvalue weighted by molar-refractivity contribution is 5.61. The molecule has 0 aliphatic carbocycles. The number of benzene rings is 3. The van der Waals surface area contributed by atoms with Crippen molar-refractivity contribution in [2.75, 3.05) is 28.4 Å². The van der Waals surface area contributed by atoms with Crippen molar-refractivity contribution in [2.45, 2.75) is 5.92 Å². The Bertz CT molecular complexity index is 790. The molecule has 0 unspecified atom stereocenters. The third-order valence-corrected chi connectivity index (χ3v) is 4.64. The molecular weight excluding hydrogens is 340 g/mol. The molecule has 0 aromatic heterocycles. The fourth-order valence-corrected chi connectivity index (χ4v) is 3.45. The SMILES string of the molecule is COc1cccc(OC)c1C(c1ccccc1)c1c(OC)cccc1OC. The molecular formula is C23H24O4. The van der Waals surface area contributed by atoms with E-state index in [9.17, 15) is 0 Å². The Balaban J connectivity index is 2.38. The Morgan fingerprint density at radius 1 is 0.481 bits per heavy atom. The fourth-order valence-electron chi connectivity index (χ4n) is 3.45. The van der Waals surface area contributed by atoms with Gasteiger partial charge in [0.2, 0.25) is 0 Å². The summed E-state index contributed by atoms with van der Waals surface area (Å²) in [6, 6.07) is 21.8. The summed E-state index contributed by atoms with van der Waals surface area (Å²) in [6.07, 6.45) is 0. The summed E-state index contributed by atoms with van der Waals surface area (Å²) in [7, 11) is 6.67. The molecule has 0 aliphatic rings. The average Bonchev–Trinajstić information content (AvgIpc) is 2.74. The summed E-state index contributed by atoms with van der Waals surface area (Å²) < 4.78 is 22.8. The van der Waals surface area contributed by atoms with E-state index in [0.29, 0.717) is 0 Å². The number of hydrogen-bond acceptors (Lipinski definition) is 4. The third-order valence-electron chi connectivity index (χ3n) is 4.64. The van der Waals surface area contributed by atoms with Gasteiger partial charge in [-0.2, -0.15) is 0 Å². The normalized spacial score (nSPS) is 10.6. The first-order valence-corrected chi connectivity index (χ1v) is 8.71. The lowest BCUT2D eigenvalue weighted by atomic mass is 9.83. The van der Waals surface area contributed by atoms with E-state index in [-0.39, 0.29) is 5.92 Å². The molecule has 3 aromatic carbocycles. The van der Waals surface area contributed by atoms with Crippen LogP contribution in [0.1, 0.15) is 22.6 Å². The van der Waals surface area contributed by atoms with Gasteiger partial charge in [-0.25, -0.2) is 0 Å². The Morgan fingerprint density at radius 3 is 1.19 bits per heavy atom. The van der Waals surface area contributed by atoms with E-state index >= 15 is 0 Å². The van der Waals surface area contributed by atoms with Crippen molar-refractivity contribution < 1.29 is 18.9 Å². The second-order valence-electron chi connectivity index (χ2n) is 6.00. The minimum Gasteiger partial charge on any atom is -0.496 e. The van der Waals surface area contributed by atoms with E-state index in [0.717, 1.165) is 39.7 Å². The highest BCUT2D eigenvalue weighted by Crippen LogP contribution is 2.48. The van der Waals surface area contributed by atoms with Crippen LogP contribution in [-0.4, -0.2) is 28.4 Å². The lowest BCUT2D eigenvalue weighted by molar-refractivity contribution is 0.373. The fraction of sp³-hybridized carbons (Fsp3) is 0.217. The predicted molar refractivity (Wildman–Crippen MR) is 106 cm³/mol. The molecule has 3 rings (SSSR count). The molecule has 27 heavy (non-hydrogen) atoms. The van der Waals surface area contributed by atoms with Gasteiger partial charge in [0.05, 0.1) is 28.4 Å². The summed E-state index contributed by atoms with van der Waals surface area (Å²) in [4.78, 5) is 0. The van der Waals surface area contributed by atoms with Crippen LogP contribution in [0.15, 0.2) is 66.7 Å². The first kappa shape index (κ1) is 18.6. The van der Waals surface area contributed by atoms with E-state index in [1.807, 2.05) is 54.6 Å². The molecule has 3 aromatic rings. The lowest BCUT2D eigenvalue weighted by Gasteiger charge is -2.26. The highest BCUT2D eigenvalue weighted by Gasteiger charge is 2.29. The summed E-state index contributed by atoms with van der Waals surface area (Å²) >= 11 is 0. The Morgan fingerprint density at radius 2 is 0.852 bits per heavy atom. The van der Waals surface area contributed by atoms with E-state index in [1.54, 1.807) is 28.4 Å². The molecule has 0 saturated carbocycles. The summed E-state index contributed by atoms with van der Waals surface area (Å²) in [5.41, 5.74) is 2.94. The number of hydrogen-bond donors (Lipinski definition) is 0. The molecule has 0 spiro atoms. The molecule has 0 saturated heterocycles. The van der Waals surface area contributed by atoms with Gasteiger partial charge >= 0.3 is 0 Å². The van der Waals surface area contributed by atoms with Crippen LogP contribution < -0.4 is 18.9 Å². The van der Waals surface area contributed by atoms with Crippen LogP contribution in [0.4, 0.5) is 0 Å². The van der Waals surface area contributed by atoms with Crippen LogP contribution in [0.2, 0.25) is 0 Å². The van der Waals surface area contributed by atoms with Gasteiger partial charge in [0, 0.05) is 17.0 Å². The molecule has 0 radical (unpaired) electrons. The van der Waals surface area contributed by atoms with Gasteiger partial charge in [-0.15, -0.1) is 0 Å². The Kier molecular flexibility index (Phi) is 5.87. The topological polar surface area (TPSA) is 36.9 Å². The number of rotatable bonds is 7. The molecule has 140 valence electrons. The quantitative estimate of drug-likeness (QED) is 0.559. The lowest BCUT2D eigenvalue weighted by Crippen LogP contribution is -2.10. The molecule has 0 aliphatic heterocycles. The monoisotopic (exact) mass is 364 g/mol. The standard InChI is InChI=1S/C23H24O4/c1-24-17-12-8-13-18(25-2)22(17)21(16-10-6-5-7-11-16)23-19(26-3)14-9-15-20(23)27-4/h5-15,21H,1-4H3. The molecule has 0 atom stereocenters. The molecule has 4 nitrogen and oxygen atoms in total. The Hall–Kier alpha value is -3.14. The zero-order valence-corrected chi connectivity index (χ0v) is 16.1. The first-order valence-electron chi connectivity index (χ1n) is 8.71. The maximum absolute atomic E-state index is 5.70. The smallest absolute Gasteiger partial charge is 0.126 e. The van der Waals surface area contributed by atoms with Crippen molar-refractivity contribution in [2.24, 2.45) is 0 Å². The van der Waals surface area contributed by atoms with Gasteiger partial charge in [0.25, 0.3) is 0 Å². The second kappa shape index (κ2) is 8.49. The second-order valence-corrected chi connectivity index (χ2v) is 6.00. The molecule has 0 heterocycles. The van der Waals surface area contributed by atoms with Crippen molar-refractivity contribution in [1.82, 2.24) is 0 Å². The van der Waals surface area contributed by atoms with E-state index in [2.05, 4.69) is 12.1 Å². The van der Waals surface area contributed by atoms with Crippen molar-refractivity contribution in [1.29, 1.82) is 0 Å². The number of ether oxygens (including phenoxy) is 4. The van der Waals surface area contributed by atoms with Gasteiger partial charge in [0.1, 0.15) is 23.0 Å². The van der Waals surface area contributed by atoms with Gasteiger partial charge in [-0.05, 0) is 29.8 Å². The average molecular weight is 364 g/mol. The van der Waals surface area contributed by atoms with Gasteiger partial charge < -0.3 is 18.9 Å².